The normalized spacial score (nSPS) is 14.2. The van der Waals surface area contributed by atoms with Crippen molar-refractivity contribution in [3.63, 3.8) is 0 Å². The van der Waals surface area contributed by atoms with Crippen molar-refractivity contribution in [3.8, 4) is 5.75 Å². The van der Waals surface area contributed by atoms with Crippen LogP contribution in [0.4, 0.5) is 0 Å². The molecule has 88 valence electrons. The van der Waals surface area contributed by atoms with Crippen molar-refractivity contribution in [1.82, 2.24) is 0 Å². The maximum absolute atomic E-state index is 10.7. The molecule has 0 amide bonds. The van der Waals surface area contributed by atoms with Crippen LogP contribution in [0.25, 0.3) is 0 Å². The van der Waals surface area contributed by atoms with Crippen molar-refractivity contribution in [2.75, 3.05) is 0 Å². The Morgan fingerprint density at radius 3 is 2.56 bits per heavy atom. The molecule has 0 aromatic heterocycles. The van der Waals surface area contributed by atoms with Gasteiger partial charge in [-0.25, -0.2) is 4.79 Å². The maximum Gasteiger partial charge on any atom is 0.344 e. The number of carbonyl (C=O) groups is 1. The molecule has 2 atom stereocenters. The van der Waals surface area contributed by atoms with Crippen molar-refractivity contribution in [3.05, 3.63) is 29.8 Å². The number of ether oxygens (including phenoxy) is 1. The molecule has 0 aliphatic rings. The van der Waals surface area contributed by atoms with Crippen LogP contribution in [-0.2, 0) is 4.79 Å². The van der Waals surface area contributed by atoms with Crippen LogP contribution in [0.1, 0.15) is 38.7 Å². The summed E-state index contributed by atoms with van der Waals surface area (Å²) in [4.78, 5) is 10.7. The van der Waals surface area contributed by atoms with Gasteiger partial charge in [0.25, 0.3) is 0 Å². The molecular formula is C13H18O3. The van der Waals surface area contributed by atoms with E-state index in [9.17, 15) is 4.79 Å². The molecule has 0 saturated carbocycles. The Morgan fingerprint density at radius 1 is 1.38 bits per heavy atom. The van der Waals surface area contributed by atoms with E-state index in [1.807, 2.05) is 24.3 Å². The van der Waals surface area contributed by atoms with Gasteiger partial charge in [0, 0.05) is 0 Å². The minimum absolute atomic E-state index is 0.372. The minimum Gasteiger partial charge on any atom is -0.479 e. The number of rotatable bonds is 5. The van der Waals surface area contributed by atoms with Gasteiger partial charge in [0.05, 0.1) is 0 Å². The first-order valence-corrected chi connectivity index (χ1v) is 5.54. The summed E-state index contributed by atoms with van der Waals surface area (Å²) in [7, 11) is 0. The molecule has 0 radical (unpaired) electrons. The lowest BCUT2D eigenvalue weighted by Crippen LogP contribution is -2.23. The van der Waals surface area contributed by atoms with Gasteiger partial charge in [0.1, 0.15) is 5.75 Å². The second-order valence-corrected chi connectivity index (χ2v) is 3.95. The van der Waals surface area contributed by atoms with Crippen molar-refractivity contribution in [2.45, 2.75) is 39.2 Å². The first-order valence-electron chi connectivity index (χ1n) is 5.54. The lowest BCUT2D eigenvalue weighted by molar-refractivity contribution is -0.144. The molecule has 0 unspecified atom stereocenters. The standard InChI is InChI=1S/C13H18O3/c1-4-9(2)11-7-5-6-8-12(11)16-10(3)13(14)15/h5-10H,4H2,1-3H3,(H,14,15)/t9-,10+/m1/s1. The second kappa shape index (κ2) is 5.54. The minimum atomic E-state index is -0.945. The van der Waals surface area contributed by atoms with Crippen molar-refractivity contribution >= 4 is 5.97 Å². The first kappa shape index (κ1) is 12.6. The van der Waals surface area contributed by atoms with E-state index in [4.69, 9.17) is 9.84 Å². The Balaban J connectivity index is 2.90. The monoisotopic (exact) mass is 222 g/mol. The van der Waals surface area contributed by atoms with Crippen LogP contribution in [0.3, 0.4) is 0 Å². The molecular weight excluding hydrogens is 204 g/mol. The highest BCUT2D eigenvalue weighted by Gasteiger charge is 2.16. The third kappa shape index (κ3) is 2.99. The zero-order valence-corrected chi connectivity index (χ0v) is 9.93. The molecule has 1 rings (SSSR count). The SMILES string of the molecule is CC[C@@H](C)c1ccccc1O[C@@H](C)C(=O)O. The lowest BCUT2D eigenvalue weighted by atomic mass is 9.98. The third-order valence-corrected chi connectivity index (χ3v) is 2.71. The number of carboxylic acids is 1. The summed E-state index contributed by atoms with van der Waals surface area (Å²) in [5.74, 6) is 0.0999. The lowest BCUT2D eigenvalue weighted by Gasteiger charge is -2.17. The van der Waals surface area contributed by atoms with Crippen LogP contribution in [0.2, 0.25) is 0 Å². The molecule has 0 saturated heterocycles. The maximum atomic E-state index is 10.7. The summed E-state index contributed by atoms with van der Waals surface area (Å²) in [6.45, 7) is 5.74. The molecule has 1 aromatic rings. The Hall–Kier alpha value is -1.51. The zero-order valence-electron chi connectivity index (χ0n) is 9.93. The molecule has 0 fully saturated rings. The van der Waals surface area contributed by atoms with Gasteiger partial charge in [-0.05, 0) is 30.9 Å². The number of hydrogen-bond acceptors (Lipinski definition) is 2. The Morgan fingerprint density at radius 2 is 2.00 bits per heavy atom. The van der Waals surface area contributed by atoms with Crippen LogP contribution in [-0.4, -0.2) is 17.2 Å². The fourth-order valence-corrected chi connectivity index (χ4v) is 1.46. The fraction of sp³-hybridized carbons (Fsp3) is 0.462. The fourth-order valence-electron chi connectivity index (χ4n) is 1.46. The van der Waals surface area contributed by atoms with Crippen LogP contribution in [0.15, 0.2) is 24.3 Å². The quantitative estimate of drug-likeness (QED) is 0.832. The summed E-state index contributed by atoms with van der Waals surface area (Å²) in [6, 6.07) is 7.61. The van der Waals surface area contributed by atoms with E-state index < -0.39 is 12.1 Å². The summed E-state index contributed by atoms with van der Waals surface area (Å²) < 4.78 is 5.43. The highest BCUT2D eigenvalue weighted by molar-refractivity contribution is 5.72. The predicted octanol–water partition coefficient (Wildman–Crippen LogP) is 3.05. The molecule has 3 nitrogen and oxygen atoms in total. The van der Waals surface area contributed by atoms with E-state index in [-0.39, 0.29) is 0 Å². The first-order chi connectivity index (χ1) is 7.56. The van der Waals surface area contributed by atoms with Gasteiger partial charge in [-0.2, -0.15) is 0 Å². The van der Waals surface area contributed by atoms with Crippen molar-refractivity contribution < 1.29 is 14.6 Å². The van der Waals surface area contributed by atoms with E-state index in [1.54, 1.807) is 0 Å². The van der Waals surface area contributed by atoms with E-state index in [1.165, 1.54) is 6.92 Å². The van der Waals surface area contributed by atoms with Gasteiger partial charge in [-0.1, -0.05) is 32.0 Å². The summed E-state index contributed by atoms with van der Waals surface area (Å²) in [6.07, 6.45) is 0.187. The predicted molar refractivity (Wildman–Crippen MR) is 62.9 cm³/mol. The van der Waals surface area contributed by atoms with Crippen molar-refractivity contribution in [1.29, 1.82) is 0 Å². The van der Waals surface area contributed by atoms with Crippen LogP contribution < -0.4 is 4.74 Å². The molecule has 0 bridgehead atoms. The molecule has 3 heteroatoms. The number of para-hydroxylation sites is 1. The highest BCUT2D eigenvalue weighted by atomic mass is 16.5. The summed E-state index contributed by atoms with van der Waals surface area (Å²) >= 11 is 0. The topological polar surface area (TPSA) is 46.5 Å². The number of hydrogen-bond donors (Lipinski definition) is 1. The van der Waals surface area contributed by atoms with E-state index in [0.29, 0.717) is 11.7 Å². The average Bonchev–Trinajstić information content (AvgIpc) is 2.28. The average molecular weight is 222 g/mol. The Bertz CT molecular complexity index is 360. The zero-order chi connectivity index (χ0) is 12.1. The van der Waals surface area contributed by atoms with Gasteiger partial charge >= 0.3 is 5.97 Å². The Labute approximate surface area is 96.1 Å². The molecule has 0 aliphatic heterocycles. The number of carboxylic acid groups (broad SMARTS) is 1. The summed E-state index contributed by atoms with van der Waals surface area (Å²) in [5, 5.41) is 8.81. The van der Waals surface area contributed by atoms with E-state index in [2.05, 4.69) is 13.8 Å². The van der Waals surface area contributed by atoms with Crippen LogP contribution >= 0.6 is 0 Å². The molecule has 1 N–H and O–H groups in total. The second-order valence-electron chi connectivity index (χ2n) is 3.95. The molecule has 0 aliphatic carbocycles. The van der Waals surface area contributed by atoms with E-state index in [0.717, 1.165) is 12.0 Å². The van der Waals surface area contributed by atoms with Crippen LogP contribution in [0.5, 0.6) is 5.75 Å². The Kier molecular flexibility index (Phi) is 4.35. The van der Waals surface area contributed by atoms with Gasteiger partial charge < -0.3 is 9.84 Å². The largest absolute Gasteiger partial charge is 0.479 e. The third-order valence-electron chi connectivity index (χ3n) is 2.71. The van der Waals surface area contributed by atoms with Gasteiger partial charge in [-0.15, -0.1) is 0 Å². The van der Waals surface area contributed by atoms with Gasteiger partial charge in [0.2, 0.25) is 0 Å². The number of aliphatic carboxylic acids is 1. The molecule has 0 heterocycles. The van der Waals surface area contributed by atoms with Crippen LogP contribution in [0, 0.1) is 0 Å². The smallest absolute Gasteiger partial charge is 0.344 e. The van der Waals surface area contributed by atoms with E-state index >= 15 is 0 Å². The van der Waals surface area contributed by atoms with Gasteiger partial charge in [0.15, 0.2) is 6.10 Å². The summed E-state index contributed by atoms with van der Waals surface area (Å²) in [5.41, 5.74) is 1.07. The number of benzene rings is 1. The highest BCUT2D eigenvalue weighted by Crippen LogP contribution is 2.28. The molecule has 0 spiro atoms. The van der Waals surface area contributed by atoms with Crippen molar-refractivity contribution in [2.24, 2.45) is 0 Å². The van der Waals surface area contributed by atoms with Gasteiger partial charge in [-0.3, -0.25) is 0 Å². The molecule has 1 aromatic carbocycles. The molecule has 16 heavy (non-hydrogen) atoms.